The van der Waals surface area contributed by atoms with Gasteiger partial charge in [-0.1, -0.05) is 63.8 Å². The van der Waals surface area contributed by atoms with Crippen molar-refractivity contribution in [3.05, 3.63) is 35.4 Å². The SMILES string of the molecule is CCCCCCc1cccc(C(O)CCC)c1. The van der Waals surface area contributed by atoms with Gasteiger partial charge in [0.2, 0.25) is 0 Å². The molecular weight excluding hydrogens is 208 g/mol. The van der Waals surface area contributed by atoms with E-state index in [1.165, 1.54) is 31.2 Å². The second kappa shape index (κ2) is 8.30. The van der Waals surface area contributed by atoms with Gasteiger partial charge in [-0.2, -0.15) is 0 Å². The minimum atomic E-state index is -0.282. The zero-order valence-electron chi connectivity index (χ0n) is 11.3. The summed E-state index contributed by atoms with van der Waals surface area (Å²) in [6.45, 7) is 4.35. The Bertz CT molecular complexity index is 306. The fourth-order valence-corrected chi connectivity index (χ4v) is 2.15. The van der Waals surface area contributed by atoms with Crippen molar-refractivity contribution in [3.8, 4) is 0 Å². The van der Waals surface area contributed by atoms with Crippen molar-refractivity contribution in [2.75, 3.05) is 0 Å². The van der Waals surface area contributed by atoms with Gasteiger partial charge < -0.3 is 5.11 Å². The van der Waals surface area contributed by atoms with Crippen LogP contribution in [0.5, 0.6) is 0 Å². The maximum atomic E-state index is 9.95. The van der Waals surface area contributed by atoms with E-state index >= 15 is 0 Å². The van der Waals surface area contributed by atoms with E-state index in [-0.39, 0.29) is 6.10 Å². The molecule has 1 unspecified atom stereocenters. The average molecular weight is 234 g/mol. The molecule has 1 N–H and O–H groups in total. The van der Waals surface area contributed by atoms with Gasteiger partial charge in [-0.25, -0.2) is 0 Å². The molecule has 0 radical (unpaired) electrons. The third-order valence-electron chi connectivity index (χ3n) is 3.22. The summed E-state index contributed by atoms with van der Waals surface area (Å²) in [6.07, 6.45) is 7.95. The normalized spacial score (nSPS) is 12.6. The van der Waals surface area contributed by atoms with Crippen molar-refractivity contribution in [1.29, 1.82) is 0 Å². The van der Waals surface area contributed by atoms with Crippen LogP contribution in [0.1, 0.15) is 69.6 Å². The van der Waals surface area contributed by atoms with E-state index in [1.54, 1.807) is 0 Å². The summed E-state index contributed by atoms with van der Waals surface area (Å²) < 4.78 is 0. The van der Waals surface area contributed by atoms with E-state index in [0.29, 0.717) is 0 Å². The summed E-state index contributed by atoms with van der Waals surface area (Å²) in [5.41, 5.74) is 2.45. The molecule has 1 aromatic rings. The zero-order chi connectivity index (χ0) is 12.5. The van der Waals surface area contributed by atoms with Gasteiger partial charge in [-0.15, -0.1) is 0 Å². The van der Waals surface area contributed by atoms with Crippen LogP contribution in [0.2, 0.25) is 0 Å². The lowest BCUT2D eigenvalue weighted by molar-refractivity contribution is 0.166. The highest BCUT2D eigenvalue weighted by molar-refractivity contribution is 5.25. The summed E-state index contributed by atoms with van der Waals surface area (Å²) in [5.74, 6) is 0. The molecule has 0 aliphatic rings. The fraction of sp³-hybridized carbons (Fsp3) is 0.625. The maximum absolute atomic E-state index is 9.95. The van der Waals surface area contributed by atoms with Crippen molar-refractivity contribution in [2.24, 2.45) is 0 Å². The fourth-order valence-electron chi connectivity index (χ4n) is 2.15. The quantitative estimate of drug-likeness (QED) is 0.649. The highest BCUT2D eigenvalue weighted by Gasteiger charge is 2.06. The van der Waals surface area contributed by atoms with Crippen LogP contribution in [-0.4, -0.2) is 5.11 Å². The molecule has 1 nitrogen and oxygen atoms in total. The Kier molecular flexibility index (Phi) is 6.95. The van der Waals surface area contributed by atoms with Gasteiger partial charge in [0, 0.05) is 0 Å². The summed E-state index contributed by atoms with van der Waals surface area (Å²) in [6, 6.07) is 8.46. The molecule has 17 heavy (non-hydrogen) atoms. The lowest BCUT2D eigenvalue weighted by Crippen LogP contribution is -1.97. The molecule has 96 valence electrons. The molecule has 1 heteroatoms. The Hall–Kier alpha value is -0.820. The minimum Gasteiger partial charge on any atom is -0.388 e. The molecule has 1 aromatic carbocycles. The van der Waals surface area contributed by atoms with Gasteiger partial charge in [0.25, 0.3) is 0 Å². The van der Waals surface area contributed by atoms with Crippen molar-refractivity contribution in [2.45, 2.75) is 64.9 Å². The molecule has 0 bridgehead atoms. The van der Waals surface area contributed by atoms with Crippen LogP contribution in [-0.2, 0) is 6.42 Å². The Morgan fingerprint density at radius 3 is 2.59 bits per heavy atom. The topological polar surface area (TPSA) is 20.2 Å². The van der Waals surface area contributed by atoms with Crippen LogP contribution in [0, 0.1) is 0 Å². The van der Waals surface area contributed by atoms with Gasteiger partial charge in [0.15, 0.2) is 0 Å². The first-order valence-electron chi connectivity index (χ1n) is 7.04. The smallest absolute Gasteiger partial charge is 0.0790 e. The van der Waals surface area contributed by atoms with E-state index < -0.39 is 0 Å². The third-order valence-corrected chi connectivity index (χ3v) is 3.22. The van der Waals surface area contributed by atoms with Crippen molar-refractivity contribution in [3.63, 3.8) is 0 Å². The predicted molar refractivity (Wildman–Crippen MR) is 74.2 cm³/mol. The van der Waals surface area contributed by atoms with Crippen LogP contribution in [0.15, 0.2) is 24.3 Å². The number of aliphatic hydroxyl groups is 1. The summed E-state index contributed by atoms with van der Waals surface area (Å²) >= 11 is 0. The summed E-state index contributed by atoms with van der Waals surface area (Å²) in [4.78, 5) is 0. The van der Waals surface area contributed by atoms with Crippen LogP contribution in [0.3, 0.4) is 0 Å². The first-order chi connectivity index (χ1) is 8.27. The highest BCUT2D eigenvalue weighted by atomic mass is 16.3. The molecule has 0 saturated carbocycles. The predicted octanol–water partition coefficient (Wildman–Crippen LogP) is 4.64. The van der Waals surface area contributed by atoms with Crippen molar-refractivity contribution >= 4 is 0 Å². The lowest BCUT2D eigenvalue weighted by atomic mass is 10.00. The first kappa shape index (κ1) is 14.2. The molecule has 0 fully saturated rings. The molecule has 0 saturated heterocycles. The Morgan fingerprint density at radius 2 is 1.88 bits per heavy atom. The summed E-state index contributed by atoms with van der Waals surface area (Å²) in [5, 5.41) is 9.95. The molecule has 1 atom stereocenters. The standard InChI is InChI=1S/C16H26O/c1-3-5-6-7-10-14-11-8-12-15(13-14)16(17)9-4-2/h8,11-13,16-17H,3-7,9-10H2,1-2H3. The van der Waals surface area contributed by atoms with Gasteiger partial charge in [0.1, 0.15) is 0 Å². The van der Waals surface area contributed by atoms with Crippen molar-refractivity contribution in [1.82, 2.24) is 0 Å². The minimum absolute atomic E-state index is 0.282. The number of unbranched alkanes of at least 4 members (excludes halogenated alkanes) is 3. The third kappa shape index (κ3) is 5.36. The van der Waals surface area contributed by atoms with Crippen LogP contribution in [0.25, 0.3) is 0 Å². The Morgan fingerprint density at radius 1 is 1.06 bits per heavy atom. The van der Waals surface area contributed by atoms with Crippen LogP contribution in [0.4, 0.5) is 0 Å². The second-order valence-corrected chi connectivity index (χ2v) is 4.86. The van der Waals surface area contributed by atoms with Crippen molar-refractivity contribution < 1.29 is 5.11 Å². The van der Waals surface area contributed by atoms with E-state index in [0.717, 1.165) is 24.8 Å². The van der Waals surface area contributed by atoms with E-state index in [1.807, 2.05) is 6.07 Å². The number of rotatable bonds is 8. The number of aliphatic hydroxyl groups excluding tert-OH is 1. The molecule has 1 rings (SSSR count). The average Bonchev–Trinajstić information content (AvgIpc) is 2.35. The first-order valence-corrected chi connectivity index (χ1v) is 7.04. The van der Waals surface area contributed by atoms with E-state index in [4.69, 9.17) is 0 Å². The van der Waals surface area contributed by atoms with Gasteiger partial charge in [-0.3, -0.25) is 0 Å². The molecule has 0 aliphatic heterocycles. The largest absolute Gasteiger partial charge is 0.388 e. The Labute approximate surface area is 106 Å². The number of benzene rings is 1. The molecule has 0 spiro atoms. The molecule has 0 heterocycles. The van der Waals surface area contributed by atoms with Crippen LogP contribution >= 0.6 is 0 Å². The zero-order valence-corrected chi connectivity index (χ0v) is 11.3. The van der Waals surface area contributed by atoms with E-state index in [9.17, 15) is 5.11 Å². The highest BCUT2D eigenvalue weighted by Crippen LogP contribution is 2.20. The van der Waals surface area contributed by atoms with Gasteiger partial charge in [0.05, 0.1) is 6.10 Å². The molecule has 0 aliphatic carbocycles. The molecule has 0 aromatic heterocycles. The number of hydrogen-bond donors (Lipinski definition) is 1. The number of aryl methyl sites for hydroxylation is 1. The maximum Gasteiger partial charge on any atom is 0.0790 e. The van der Waals surface area contributed by atoms with E-state index in [2.05, 4.69) is 32.0 Å². The van der Waals surface area contributed by atoms with Crippen LogP contribution < -0.4 is 0 Å². The molecular formula is C16H26O. The monoisotopic (exact) mass is 234 g/mol. The molecule has 0 amide bonds. The summed E-state index contributed by atoms with van der Waals surface area (Å²) in [7, 11) is 0. The number of hydrogen-bond acceptors (Lipinski definition) is 1. The second-order valence-electron chi connectivity index (χ2n) is 4.86. The van der Waals surface area contributed by atoms with Gasteiger partial charge >= 0.3 is 0 Å². The Balaban J connectivity index is 2.47. The van der Waals surface area contributed by atoms with Gasteiger partial charge in [-0.05, 0) is 30.4 Å². The lowest BCUT2D eigenvalue weighted by Gasteiger charge is -2.11.